The van der Waals surface area contributed by atoms with Crippen LogP contribution in [0.1, 0.15) is 72.3 Å². The summed E-state index contributed by atoms with van der Waals surface area (Å²) in [6.07, 6.45) is 8.63. The normalized spacial score (nSPS) is 22.1. The van der Waals surface area contributed by atoms with Crippen molar-refractivity contribution in [3.05, 3.63) is 179 Å². The lowest BCUT2D eigenvalue weighted by molar-refractivity contribution is -0.384. The minimum Gasteiger partial charge on any atom is -0.459 e. The SMILES string of the molecule is C=CCO[C@@]12Oc3ccc(Oc4ccc5ccccc5c4)cc3[C@H]3[C@H](CCCCO)[C@@H](CCCCO)C=C(C(=NOCc4ccc([N+](=O)[O-])cc4)C[C@@H]1N(C)C(=O)c1ccc4ccccc4c1)[C@H]32. The molecule has 0 unspecified atom stereocenters. The van der Waals surface area contributed by atoms with Crippen molar-refractivity contribution >= 4 is 38.9 Å². The summed E-state index contributed by atoms with van der Waals surface area (Å²) in [5.41, 5.74) is 3.66. The highest BCUT2D eigenvalue weighted by molar-refractivity contribution is 6.04. The van der Waals surface area contributed by atoms with E-state index >= 15 is 0 Å². The number of rotatable bonds is 19. The number of allylic oxidation sites excluding steroid dienone is 1. The highest BCUT2D eigenvalue weighted by atomic mass is 16.7. The van der Waals surface area contributed by atoms with E-state index in [2.05, 4.69) is 30.9 Å². The van der Waals surface area contributed by atoms with Crippen molar-refractivity contribution in [2.45, 2.75) is 69.3 Å². The molecule has 12 heteroatoms. The van der Waals surface area contributed by atoms with Crippen LogP contribution in [0.3, 0.4) is 0 Å². The van der Waals surface area contributed by atoms with E-state index in [9.17, 15) is 25.1 Å². The molecular formula is C56H57N3O9. The first-order valence-electron chi connectivity index (χ1n) is 23.6. The average Bonchev–Trinajstić information content (AvgIpc) is 3.36. The van der Waals surface area contributed by atoms with Crippen molar-refractivity contribution < 1.29 is 39.0 Å². The number of carbonyl (C=O) groups is 1. The smallest absolute Gasteiger partial charge is 0.269 e. The van der Waals surface area contributed by atoms with Gasteiger partial charge in [0.15, 0.2) is 0 Å². The Morgan fingerprint density at radius 2 is 1.51 bits per heavy atom. The molecule has 0 aromatic heterocycles. The van der Waals surface area contributed by atoms with Crippen molar-refractivity contribution in [2.75, 3.05) is 26.9 Å². The maximum atomic E-state index is 15.0. The molecule has 1 amide bonds. The van der Waals surface area contributed by atoms with Gasteiger partial charge < -0.3 is 34.2 Å². The minimum absolute atomic E-state index is 0.0155. The summed E-state index contributed by atoms with van der Waals surface area (Å²) >= 11 is 0. The number of amides is 1. The summed E-state index contributed by atoms with van der Waals surface area (Å²) in [5, 5.41) is 40.5. The zero-order valence-electron chi connectivity index (χ0n) is 38.2. The third-order valence-corrected chi connectivity index (χ3v) is 13.9. The Bertz CT molecular complexity index is 2860. The van der Waals surface area contributed by atoms with Crippen molar-refractivity contribution in [3.63, 3.8) is 0 Å². The molecule has 1 fully saturated rings. The monoisotopic (exact) mass is 915 g/mol. The minimum atomic E-state index is -1.44. The summed E-state index contributed by atoms with van der Waals surface area (Å²) in [4.78, 5) is 33.9. The number of nitro benzene ring substituents is 1. The lowest BCUT2D eigenvalue weighted by Crippen LogP contribution is -2.69. The number of hydrogen-bond donors (Lipinski definition) is 2. The summed E-state index contributed by atoms with van der Waals surface area (Å²) < 4.78 is 21.1. The number of benzene rings is 6. The van der Waals surface area contributed by atoms with E-state index in [4.69, 9.17) is 24.2 Å². The first kappa shape index (κ1) is 46.3. The Kier molecular flexibility index (Phi) is 14.0. The molecule has 1 aliphatic heterocycles. The molecule has 0 radical (unpaired) electrons. The second-order valence-electron chi connectivity index (χ2n) is 18.1. The Morgan fingerprint density at radius 3 is 2.22 bits per heavy atom. The van der Waals surface area contributed by atoms with Crippen LogP contribution in [0, 0.1) is 27.9 Å². The number of nitro groups is 1. The van der Waals surface area contributed by atoms with Gasteiger partial charge in [0.05, 0.1) is 23.2 Å². The van der Waals surface area contributed by atoms with E-state index in [1.54, 1.807) is 30.2 Å². The maximum absolute atomic E-state index is 15.0. The number of fused-ring (bicyclic) bond motifs is 4. The predicted molar refractivity (Wildman–Crippen MR) is 263 cm³/mol. The number of carbonyl (C=O) groups excluding carboxylic acids is 1. The zero-order valence-corrected chi connectivity index (χ0v) is 38.2. The van der Waals surface area contributed by atoms with Gasteiger partial charge in [0.2, 0.25) is 5.79 Å². The Balaban J connectivity index is 1.20. The number of unbranched alkanes of at least 4 members (excludes halogenated alkanes) is 2. The first-order valence-corrected chi connectivity index (χ1v) is 23.6. The summed E-state index contributed by atoms with van der Waals surface area (Å²) in [6.45, 7) is 4.38. The molecule has 1 heterocycles. The number of non-ortho nitro benzene ring substituents is 1. The molecular weight excluding hydrogens is 859 g/mol. The van der Waals surface area contributed by atoms with Crippen molar-refractivity contribution in [2.24, 2.45) is 22.9 Å². The molecule has 0 spiro atoms. The fourth-order valence-corrected chi connectivity index (χ4v) is 10.7. The van der Waals surface area contributed by atoms with E-state index < -0.39 is 22.7 Å². The van der Waals surface area contributed by atoms with Gasteiger partial charge in [-0.25, -0.2) is 0 Å². The molecule has 0 bridgehead atoms. The van der Waals surface area contributed by atoms with Crippen LogP contribution < -0.4 is 9.47 Å². The van der Waals surface area contributed by atoms with Crippen LogP contribution in [0.2, 0.25) is 0 Å². The standard InChI is InChI=1S/C56H57N3O9/c1-3-30-65-56-52(58(2)55(62)43-21-20-38-12-4-6-14-40(38)31-43)35-50(57-66-36-37-18-23-44(24-19-37)59(63)64)48-33-42(16-8-10-28-60)47(17-9-11-29-61)53(54(48)56)49-34-46(26-27-51(49)68-56)67-45-25-22-39-13-5-7-15-41(39)32-45/h3-7,12-15,18-27,31-34,42,47,52-54,60-61H,1,8-11,16-17,28-30,35-36H2,2H3/t42-,47+,52-,53+,54+,56+/m0/s1. The van der Waals surface area contributed by atoms with E-state index in [0.717, 1.165) is 58.4 Å². The third kappa shape index (κ3) is 9.36. The van der Waals surface area contributed by atoms with Gasteiger partial charge in [-0.2, -0.15) is 0 Å². The van der Waals surface area contributed by atoms with Gasteiger partial charge in [0.25, 0.3) is 11.6 Å². The zero-order chi connectivity index (χ0) is 47.2. The second kappa shape index (κ2) is 20.6. The van der Waals surface area contributed by atoms with Crippen LogP contribution in [0.15, 0.2) is 157 Å². The summed E-state index contributed by atoms with van der Waals surface area (Å²) in [6, 6.07) is 39.2. The molecule has 350 valence electrons. The van der Waals surface area contributed by atoms with Crippen LogP contribution in [0.4, 0.5) is 5.69 Å². The number of hydrogen-bond acceptors (Lipinski definition) is 10. The largest absolute Gasteiger partial charge is 0.459 e. The maximum Gasteiger partial charge on any atom is 0.269 e. The van der Waals surface area contributed by atoms with Crippen LogP contribution in [0.25, 0.3) is 21.5 Å². The van der Waals surface area contributed by atoms with Crippen molar-refractivity contribution in [3.8, 4) is 17.2 Å². The van der Waals surface area contributed by atoms with Crippen LogP contribution in [-0.2, 0) is 16.2 Å². The van der Waals surface area contributed by atoms with Crippen LogP contribution >= 0.6 is 0 Å². The fourth-order valence-electron chi connectivity index (χ4n) is 10.7. The van der Waals surface area contributed by atoms with Gasteiger partial charge >= 0.3 is 0 Å². The molecule has 1 saturated carbocycles. The number of ether oxygens (including phenoxy) is 3. The third-order valence-electron chi connectivity index (χ3n) is 13.9. The Labute approximate surface area is 396 Å². The second-order valence-corrected chi connectivity index (χ2v) is 18.1. The van der Waals surface area contributed by atoms with Crippen molar-refractivity contribution in [1.82, 2.24) is 4.90 Å². The van der Waals surface area contributed by atoms with Crippen molar-refractivity contribution in [1.29, 1.82) is 0 Å². The molecule has 2 N–H and O–H groups in total. The van der Waals surface area contributed by atoms with Gasteiger partial charge in [-0.05, 0) is 125 Å². The average molecular weight is 916 g/mol. The molecule has 3 aliphatic rings. The molecule has 2 aliphatic carbocycles. The van der Waals surface area contributed by atoms with Crippen LogP contribution in [-0.4, -0.2) is 70.4 Å². The van der Waals surface area contributed by atoms with Gasteiger partial charge in [-0.1, -0.05) is 90.8 Å². The quantitative estimate of drug-likeness (QED) is 0.0350. The number of likely N-dealkylation sites (N-methyl/N-ethyl adjacent to an activating group) is 1. The molecule has 6 atom stereocenters. The fraction of sp³-hybridized carbons (Fsp3) is 0.321. The number of aliphatic hydroxyl groups excluding tert-OH is 2. The number of nitrogens with zero attached hydrogens (tertiary/aromatic N) is 3. The predicted octanol–water partition coefficient (Wildman–Crippen LogP) is 11.3. The highest BCUT2D eigenvalue weighted by Gasteiger charge is 2.65. The molecule has 9 rings (SSSR count). The van der Waals surface area contributed by atoms with Gasteiger partial charge in [-0.15, -0.1) is 6.58 Å². The van der Waals surface area contributed by atoms with Crippen LogP contribution in [0.5, 0.6) is 17.2 Å². The number of oxime groups is 1. The van der Waals surface area contributed by atoms with E-state index in [-0.39, 0.29) is 62.2 Å². The van der Waals surface area contributed by atoms with E-state index in [0.29, 0.717) is 46.9 Å². The highest BCUT2D eigenvalue weighted by Crippen LogP contribution is 2.62. The van der Waals surface area contributed by atoms with Gasteiger partial charge in [-0.3, -0.25) is 14.9 Å². The Morgan fingerprint density at radius 1 is 0.853 bits per heavy atom. The molecule has 0 saturated heterocycles. The van der Waals surface area contributed by atoms with Gasteiger partial charge in [0, 0.05) is 55.9 Å². The van der Waals surface area contributed by atoms with E-state index in [1.807, 2.05) is 84.9 Å². The first-order chi connectivity index (χ1) is 33.2. The lowest BCUT2D eigenvalue weighted by Gasteiger charge is -2.59. The summed E-state index contributed by atoms with van der Waals surface area (Å²) in [5.74, 6) is -0.443. The lowest BCUT2D eigenvalue weighted by atomic mass is 9.55. The van der Waals surface area contributed by atoms with Gasteiger partial charge in [0.1, 0.15) is 29.9 Å². The molecule has 68 heavy (non-hydrogen) atoms. The Hall–Kier alpha value is -6.86. The van der Waals surface area contributed by atoms with E-state index in [1.165, 1.54) is 12.1 Å². The molecule has 6 aromatic carbocycles. The molecule has 6 aromatic rings. The number of aliphatic hydroxyl groups is 2. The summed E-state index contributed by atoms with van der Waals surface area (Å²) in [7, 11) is 1.79. The molecule has 12 nitrogen and oxygen atoms in total. The topological polar surface area (TPSA) is 153 Å².